The monoisotopic (exact) mass is 281 g/mol. The summed E-state index contributed by atoms with van der Waals surface area (Å²) in [5.74, 6) is 1.60. The Bertz CT molecular complexity index is 453. The normalized spacial score (nSPS) is 19.5. The molecule has 0 bridgehead atoms. The lowest BCUT2D eigenvalue weighted by Crippen LogP contribution is -2.05. The number of ether oxygens (including phenoxy) is 2. The molecule has 4 heteroatoms. The van der Waals surface area contributed by atoms with E-state index in [9.17, 15) is 0 Å². The van der Waals surface area contributed by atoms with Gasteiger partial charge in [0.2, 0.25) is 0 Å². The maximum atomic E-state index is 8.92. The number of nitriles is 1. The maximum Gasteiger partial charge on any atom is 0.130 e. The van der Waals surface area contributed by atoms with E-state index in [-0.39, 0.29) is 10.9 Å². The average Bonchev–Trinajstić information content (AvgIpc) is 2.65. The molecule has 0 aromatic heterocycles. The molecule has 2 unspecified atom stereocenters. The zero-order valence-corrected chi connectivity index (χ0v) is 10.7. The Kier molecular flexibility index (Phi) is 3.06. The average molecular weight is 282 g/mol. The van der Waals surface area contributed by atoms with Crippen molar-refractivity contribution in [1.29, 1.82) is 5.26 Å². The van der Waals surface area contributed by atoms with E-state index in [0.29, 0.717) is 0 Å². The van der Waals surface area contributed by atoms with Gasteiger partial charge < -0.3 is 9.47 Å². The molecule has 0 amide bonds. The number of halogens is 1. The summed E-state index contributed by atoms with van der Waals surface area (Å²) in [4.78, 5) is -0.368. The maximum absolute atomic E-state index is 8.92. The minimum Gasteiger partial charge on any atom is -0.496 e. The molecule has 0 saturated heterocycles. The molecule has 1 aliphatic rings. The summed E-state index contributed by atoms with van der Waals surface area (Å²) >= 11 is 3.30. The Morgan fingerprint density at radius 3 is 3.00 bits per heavy atom. The van der Waals surface area contributed by atoms with Crippen LogP contribution in [0, 0.1) is 11.3 Å². The quantitative estimate of drug-likeness (QED) is 0.783. The summed E-state index contributed by atoms with van der Waals surface area (Å²) in [7, 11) is 1.61. The van der Waals surface area contributed by atoms with Crippen molar-refractivity contribution in [3.8, 4) is 17.6 Å². The van der Waals surface area contributed by atoms with Crippen LogP contribution in [0.15, 0.2) is 12.1 Å². The van der Waals surface area contributed by atoms with Gasteiger partial charge in [-0.25, -0.2) is 0 Å². The van der Waals surface area contributed by atoms with Crippen LogP contribution in [0.1, 0.15) is 22.9 Å². The highest BCUT2D eigenvalue weighted by atomic mass is 79.9. The molecule has 1 heterocycles. The highest BCUT2D eigenvalue weighted by Gasteiger charge is 2.23. The first-order valence-electron chi connectivity index (χ1n) is 5.07. The largest absolute Gasteiger partial charge is 0.496 e. The van der Waals surface area contributed by atoms with Crippen LogP contribution in [-0.4, -0.2) is 13.2 Å². The zero-order valence-electron chi connectivity index (χ0n) is 9.16. The second-order valence-electron chi connectivity index (χ2n) is 3.83. The van der Waals surface area contributed by atoms with E-state index in [0.717, 1.165) is 29.0 Å². The number of alkyl halides is 1. The molecular formula is C12H12BrNO2. The van der Waals surface area contributed by atoms with Crippen molar-refractivity contribution in [3.63, 3.8) is 0 Å². The molecule has 0 saturated carbocycles. The third-order valence-corrected chi connectivity index (χ3v) is 3.33. The smallest absolute Gasteiger partial charge is 0.130 e. The number of fused-ring (bicyclic) bond motifs is 1. The van der Waals surface area contributed by atoms with Gasteiger partial charge in [0.15, 0.2) is 0 Å². The number of benzene rings is 1. The Hall–Kier alpha value is -1.21. The first-order chi connectivity index (χ1) is 7.65. The number of rotatable bonds is 2. The fourth-order valence-electron chi connectivity index (χ4n) is 1.90. The number of hydrogen-bond acceptors (Lipinski definition) is 3. The van der Waals surface area contributed by atoms with Crippen LogP contribution in [0.4, 0.5) is 0 Å². The van der Waals surface area contributed by atoms with Crippen LogP contribution in [-0.2, 0) is 6.42 Å². The van der Waals surface area contributed by atoms with Crippen LogP contribution < -0.4 is 9.47 Å². The molecule has 0 radical (unpaired) electrons. The van der Waals surface area contributed by atoms with Gasteiger partial charge in [0.05, 0.1) is 13.2 Å². The second-order valence-corrected chi connectivity index (χ2v) is 4.74. The summed E-state index contributed by atoms with van der Waals surface area (Å²) in [5, 5.41) is 8.92. The second kappa shape index (κ2) is 4.34. The van der Waals surface area contributed by atoms with Crippen molar-refractivity contribution < 1.29 is 9.47 Å². The van der Waals surface area contributed by atoms with Gasteiger partial charge in [0.25, 0.3) is 0 Å². The predicted molar refractivity (Wildman–Crippen MR) is 64.1 cm³/mol. The summed E-state index contributed by atoms with van der Waals surface area (Å²) in [6.07, 6.45) is 1.09. The van der Waals surface area contributed by atoms with Crippen molar-refractivity contribution in [2.24, 2.45) is 0 Å². The fraction of sp³-hybridized carbons (Fsp3) is 0.417. The first kappa shape index (κ1) is 11.3. The molecule has 2 atom stereocenters. The molecule has 0 aliphatic carbocycles. The lowest BCUT2D eigenvalue weighted by molar-refractivity contribution is 0.254. The van der Waals surface area contributed by atoms with Gasteiger partial charge in [-0.15, -0.1) is 0 Å². The number of hydrogen-bond donors (Lipinski definition) is 0. The van der Waals surface area contributed by atoms with Crippen molar-refractivity contribution in [2.45, 2.75) is 24.3 Å². The van der Waals surface area contributed by atoms with E-state index < -0.39 is 0 Å². The van der Waals surface area contributed by atoms with E-state index in [1.54, 1.807) is 7.11 Å². The van der Waals surface area contributed by atoms with Crippen LogP contribution >= 0.6 is 15.9 Å². The molecular weight excluding hydrogens is 270 g/mol. The Balaban J connectivity index is 2.47. The lowest BCUT2D eigenvalue weighted by atomic mass is 10.0. The summed E-state index contributed by atoms with van der Waals surface area (Å²) in [5.41, 5.74) is 1.96. The van der Waals surface area contributed by atoms with E-state index in [1.165, 1.54) is 0 Å². The van der Waals surface area contributed by atoms with Crippen LogP contribution in [0.2, 0.25) is 0 Å². The summed E-state index contributed by atoms with van der Waals surface area (Å²) in [6.45, 7) is 2.03. The molecule has 0 N–H and O–H groups in total. The molecule has 0 fully saturated rings. The summed E-state index contributed by atoms with van der Waals surface area (Å²) < 4.78 is 10.9. The Morgan fingerprint density at radius 1 is 1.62 bits per heavy atom. The Labute approximate surface area is 103 Å². The third kappa shape index (κ3) is 1.88. The topological polar surface area (TPSA) is 42.2 Å². The lowest BCUT2D eigenvalue weighted by Gasteiger charge is -2.11. The van der Waals surface area contributed by atoms with Crippen molar-refractivity contribution >= 4 is 15.9 Å². The molecule has 1 aromatic carbocycles. The highest BCUT2D eigenvalue weighted by molar-refractivity contribution is 9.09. The van der Waals surface area contributed by atoms with Crippen LogP contribution in [0.5, 0.6) is 11.5 Å². The van der Waals surface area contributed by atoms with Gasteiger partial charge in [0, 0.05) is 17.5 Å². The minimum absolute atomic E-state index is 0.200. The van der Waals surface area contributed by atoms with Crippen molar-refractivity contribution in [3.05, 3.63) is 23.3 Å². The van der Waals surface area contributed by atoms with Crippen LogP contribution in [0.25, 0.3) is 0 Å². The fourth-order valence-corrected chi connectivity index (χ4v) is 2.26. The summed E-state index contributed by atoms with van der Waals surface area (Å²) in [6, 6.07) is 5.99. The van der Waals surface area contributed by atoms with Gasteiger partial charge in [0.1, 0.15) is 22.4 Å². The van der Waals surface area contributed by atoms with E-state index >= 15 is 0 Å². The Morgan fingerprint density at radius 2 is 2.38 bits per heavy atom. The molecule has 1 aliphatic heterocycles. The number of methoxy groups -OCH3 is 1. The van der Waals surface area contributed by atoms with Gasteiger partial charge in [-0.05, 0) is 19.1 Å². The highest BCUT2D eigenvalue weighted by Crippen LogP contribution is 2.39. The zero-order chi connectivity index (χ0) is 11.7. The van der Waals surface area contributed by atoms with Crippen molar-refractivity contribution in [1.82, 2.24) is 0 Å². The molecule has 84 valence electrons. The SMILES string of the molecule is COc1cc2c(cc1C(Br)C#N)OC(C)C2. The van der Waals surface area contributed by atoms with E-state index in [2.05, 4.69) is 22.0 Å². The van der Waals surface area contributed by atoms with Gasteiger partial charge in [-0.3, -0.25) is 0 Å². The van der Waals surface area contributed by atoms with Gasteiger partial charge in [-0.1, -0.05) is 15.9 Å². The predicted octanol–water partition coefficient (Wildman–Crippen LogP) is 2.98. The standard InChI is InChI=1S/C12H12BrNO2/c1-7-3-8-4-12(15-2)9(10(13)6-14)5-11(8)16-7/h4-5,7,10H,3H2,1-2H3. The van der Waals surface area contributed by atoms with Crippen molar-refractivity contribution in [2.75, 3.05) is 7.11 Å². The molecule has 1 aromatic rings. The molecule has 16 heavy (non-hydrogen) atoms. The molecule has 0 spiro atoms. The van der Waals surface area contributed by atoms with Gasteiger partial charge >= 0.3 is 0 Å². The van der Waals surface area contributed by atoms with Crippen LogP contribution in [0.3, 0.4) is 0 Å². The molecule has 2 rings (SSSR count). The third-order valence-electron chi connectivity index (χ3n) is 2.63. The minimum atomic E-state index is -0.368. The van der Waals surface area contributed by atoms with E-state index in [4.69, 9.17) is 14.7 Å². The molecule has 3 nitrogen and oxygen atoms in total. The first-order valence-corrected chi connectivity index (χ1v) is 5.98. The number of nitrogens with zero attached hydrogens (tertiary/aromatic N) is 1. The van der Waals surface area contributed by atoms with E-state index in [1.807, 2.05) is 19.1 Å². The van der Waals surface area contributed by atoms with Gasteiger partial charge in [-0.2, -0.15) is 5.26 Å².